The molecule has 2 heterocycles. The number of hydrogen-bond donors (Lipinski definition) is 0. The van der Waals surface area contributed by atoms with E-state index in [4.69, 9.17) is 5.26 Å². The van der Waals surface area contributed by atoms with Crippen molar-refractivity contribution in [1.29, 1.82) is 5.26 Å². The average Bonchev–Trinajstić information content (AvgIpc) is 2.95. The molecular formula is C14H14N4. The van der Waals surface area contributed by atoms with Gasteiger partial charge in [-0.1, -0.05) is 12.1 Å². The van der Waals surface area contributed by atoms with Crippen LogP contribution in [0, 0.1) is 11.3 Å². The van der Waals surface area contributed by atoms with Crippen LogP contribution in [0.3, 0.4) is 0 Å². The molecule has 4 nitrogen and oxygen atoms in total. The van der Waals surface area contributed by atoms with Gasteiger partial charge in [-0.15, -0.1) is 0 Å². The molecule has 0 unspecified atom stereocenters. The molecule has 0 aliphatic carbocycles. The van der Waals surface area contributed by atoms with Crippen LogP contribution in [0.2, 0.25) is 0 Å². The quantitative estimate of drug-likeness (QED) is 0.787. The van der Waals surface area contributed by atoms with Gasteiger partial charge in [-0.2, -0.15) is 5.26 Å². The van der Waals surface area contributed by atoms with Gasteiger partial charge in [0.05, 0.1) is 11.6 Å². The van der Waals surface area contributed by atoms with E-state index in [1.165, 1.54) is 11.4 Å². The minimum Gasteiger partial charge on any atom is -0.328 e. The highest BCUT2D eigenvalue weighted by Crippen LogP contribution is 2.27. The number of likely N-dealkylation sites (N-methyl/N-ethyl adjacent to an activating group) is 1. The fourth-order valence-corrected chi connectivity index (χ4v) is 2.24. The van der Waals surface area contributed by atoms with Gasteiger partial charge in [-0.25, -0.2) is 5.01 Å². The molecule has 0 saturated heterocycles. The zero-order chi connectivity index (χ0) is 12.5. The predicted molar refractivity (Wildman–Crippen MR) is 68.4 cm³/mol. The number of nitriles is 1. The summed E-state index contributed by atoms with van der Waals surface area (Å²) in [6.45, 7) is 1.78. The highest BCUT2D eigenvalue weighted by atomic mass is 15.7. The van der Waals surface area contributed by atoms with E-state index in [1.54, 1.807) is 0 Å². The minimum absolute atomic E-state index is 0.706. The third kappa shape index (κ3) is 1.75. The van der Waals surface area contributed by atoms with E-state index in [-0.39, 0.29) is 0 Å². The lowest BCUT2D eigenvalue weighted by molar-refractivity contribution is 0.115. The molecule has 0 fully saturated rings. The molecule has 0 radical (unpaired) electrons. The van der Waals surface area contributed by atoms with Crippen molar-refractivity contribution in [3.8, 4) is 6.07 Å². The molecule has 2 aliphatic rings. The number of rotatable bonds is 2. The molecule has 1 aromatic rings. The van der Waals surface area contributed by atoms with Crippen molar-refractivity contribution in [2.75, 3.05) is 13.6 Å². The zero-order valence-electron chi connectivity index (χ0n) is 10.2. The molecule has 0 saturated carbocycles. The molecule has 1 aromatic carbocycles. The standard InChI is InChI=1S/C14H14N4/c1-16-7-6-14-17(8-9-18(14)16)11-13-4-2-12(10-15)3-5-13/h2-6,8-9H,7,11H2,1H3. The molecule has 18 heavy (non-hydrogen) atoms. The van der Waals surface area contributed by atoms with Crippen molar-refractivity contribution < 1.29 is 0 Å². The molecular weight excluding hydrogens is 224 g/mol. The summed E-state index contributed by atoms with van der Waals surface area (Å²) < 4.78 is 0. The van der Waals surface area contributed by atoms with Crippen LogP contribution in [0.15, 0.2) is 48.6 Å². The smallest absolute Gasteiger partial charge is 0.125 e. The van der Waals surface area contributed by atoms with Crippen molar-refractivity contribution in [2.24, 2.45) is 0 Å². The summed E-state index contributed by atoms with van der Waals surface area (Å²) in [6.07, 6.45) is 6.37. The molecule has 3 rings (SSSR count). The second kappa shape index (κ2) is 4.21. The molecule has 4 heteroatoms. The van der Waals surface area contributed by atoms with Crippen molar-refractivity contribution in [2.45, 2.75) is 6.54 Å². The first-order valence-corrected chi connectivity index (χ1v) is 5.92. The summed E-state index contributed by atoms with van der Waals surface area (Å²) in [5.41, 5.74) is 1.91. The van der Waals surface area contributed by atoms with Crippen LogP contribution in [0.5, 0.6) is 0 Å². The van der Waals surface area contributed by atoms with Gasteiger partial charge < -0.3 is 4.90 Å². The van der Waals surface area contributed by atoms with Crippen molar-refractivity contribution in [1.82, 2.24) is 14.9 Å². The monoisotopic (exact) mass is 238 g/mol. The van der Waals surface area contributed by atoms with Crippen LogP contribution in [0.1, 0.15) is 11.1 Å². The van der Waals surface area contributed by atoms with Gasteiger partial charge in [0.25, 0.3) is 0 Å². The van der Waals surface area contributed by atoms with E-state index in [2.05, 4.69) is 46.5 Å². The summed E-state index contributed by atoms with van der Waals surface area (Å²) in [6, 6.07) is 9.88. The number of hydrazine groups is 1. The Kier molecular flexibility index (Phi) is 2.54. The Bertz CT molecular complexity index is 550. The van der Waals surface area contributed by atoms with Gasteiger partial charge in [-0.05, 0) is 23.8 Å². The largest absolute Gasteiger partial charge is 0.328 e. The second-order valence-corrected chi connectivity index (χ2v) is 4.48. The fourth-order valence-electron chi connectivity index (χ4n) is 2.24. The maximum Gasteiger partial charge on any atom is 0.125 e. The van der Waals surface area contributed by atoms with Crippen LogP contribution >= 0.6 is 0 Å². The molecule has 2 aliphatic heterocycles. The Labute approximate surface area is 107 Å². The zero-order valence-corrected chi connectivity index (χ0v) is 10.2. The van der Waals surface area contributed by atoms with Gasteiger partial charge in [0, 0.05) is 32.5 Å². The predicted octanol–water partition coefficient (Wildman–Crippen LogP) is 1.85. The molecule has 0 atom stereocenters. The average molecular weight is 238 g/mol. The number of benzene rings is 1. The highest BCUT2D eigenvalue weighted by molar-refractivity contribution is 5.32. The Morgan fingerprint density at radius 2 is 2.00 bits per heavy atom. The number of fused-ring (bicyclic) bond motifs is 1. The number of hydrogen-bond acceptors (Lipinski definition) is 4. The van der Waals surface area contributed by atoms with Gasteiger partial charge in [-0.3, -0.25) is 5.01 Å². The van der Waals surface area contributed by atoms with Crippen LogP contribution in [0.25, 0.3) is 0 Å². The van der Waals surface area contributed by atoms with Crippen molar-refractivity contribution in [3.63, 3.8) is 0 Å². The fraction of sp³-hybridized carbons (Fsp3) is 0.214. The van der Waals surface area contributed by atoms with E-state index in [1.807, 2.05) is 24.3 Å². The van der Waals surface area contributed by atoms with Gasteiger partial charge >= 0.3 is 0 Å². The van der Waals surface area contributed by atoms with Crippen LogP contribution < -0.4 is 0 Å². The van der Waals surface area contributed by atoms with Crippen molar-refractivity contribution >= 4 is 0 Å². The van der Waals surface area contributed by atoms with Gasteiger partial charge in [0.15, 0.2) is 0 Å². The Balaban J connectivity index is 1.74. The minimum atomic E-state index is 0.706. The lowest BCUT2D eigenvalue weighted by Gasteiger charge is -2.24. The van der Waals surface area contributed by atoms with Crippen LogP contribution in [0.4, 0.5) is 0 Å². The van der Waals surface area contributed by atoms with Gasteiger partial charge in [0.1, 0.15) is 5.82 Å². The Morgan fingerprint density at radius 3 is 2.72 bits per heavy atom. The first-order chi connectivity index (χ1) is 8.78. The number of nitrogens with zero attached hydrogens (tertiary/aromatic N) is 4. The first-order valence-electron chi connectivity index (χ1n) is 5.92. The van der Waals surface area contributed by atoms with Gasteiger partial charge in [0.2, 0.25) is 0 Å². The maximum absolute atomic E-state index is 8.77. The summed E-state index contributed by atoms with van der Waals surface area (Å²) in [7, 11) is 2.07. The first kappa shape index (κ1) is 10.9. The van der Waals surface area contributed by atoms with Crippen LogP contribution in [-0.2, 0) is 6.54 Å². The highest BCUT2D eigenvalue weighted by Gasteiger charge is 2.26. The van der Waals surface area contributed by atoms with E-state index in [9.17, 15) is 0 Å². The Hall–Kier alpha value is -2.25. The summed E-state index contributed by atoms with van der Waals surface area (Å²) in [5.74, 6) is 1.21. The third-order valence-electron chi connectivity index (χ3n) is 3.26. The SMILES string of the molecule is CN1CC=C2N(Cc3ccc(C#N)cc3)C=CN21. The molecule has 90 valence electrons. The normalized spacial score (nSPS) is 17.9. The summed E-state index contributed by atoms with van der Waals surface area (Å²) in [5, 5.41) is 13.1. The van der Waals surface area contributed by atoms with Crippen LogP contribution in [-0.4, -0.2) is 28.5 Å². The third-order valence-corrected chi connectivity index (χ3v) is 3.26. The van der Waals surface area contributed by atoms with E-state index >= 15 is 0 Å². The maximum atomic E-state index is 8.77. The second-order valence-electron chi connectivity index (χ2n) is 4.48. The molecule has 0 aromatic heterocycles. The lowest BCUT2D eigenvalue weighted by Crippen LogP contribution is -2.30. The lowest BCUT2D eigenvalue weighted by atomic mass is 10.1. The van der Waals surface area contributed by atoms with E-state index in [0.717, 1.165) is 13.1 Å². The topological polar surface area (TPSA) is 33.5 Å². The molecule has 0 amide bonds. The van der Waals surface area contributed by atoms with E-state index < -0.39 is 0 Å². The summed E-state index contributed by atoms with van der Waals surface area (Å²) in [4.78, 5) is 2.21. The van der Waals surface area contributed by atoms with Crippen molar-refractivity contribution in [3.05, 3.63) is 59.7 Å². The summed E-state index contributed by atoms with van der Waals surface area (Å²) >= 11 is 0. The molecule has 0 spiro atoms. The molecule has 0 N–H and O–H groups in total. The van der Waals surface area contributed by atoms with E-state index in [0.29, 0.717) is 5.56 Å². The Morgan fingerprint density at radius 1 is 1.22 bits per heavy atom. The molecule has 0 bridgehead atoms.